The average Bonchev–Trinajstić information content (AvgIpc) is 2.72. The second-order valence-electron chi connectivity index (χ2n) is 3.54. The van der Waals surface area contributed by atoms with Gasteiger partial charge < -0.3 is 5.32 Å². The van der Waals surface area contributed by atoms with Crippen LogP contribution in [0.5, 0.6) is 0 Å². The molecule has 0 aromatic carbocycles. The Morgan fingerprint density at radius 1 is 1.64 bits per heavy atom. The molecule has 1 unspecified atom stereocenters. The molecule has 1 N–H and O–H groups in total. The molecule has 1 aromatic rings. The van der Waals surface area contributed by atoms with Crippen molar-refractivity contribution in [3.63, 3.8) is 0 Å². The number of aliphatic imine (C=N–C) groups is 1. The van der Waals surface area contributed by atoms with Crippen LogP contribution in [-0.4, -0.2) is 17.0 Å². The van der Waals surface area contributed by atoms with E-state index in [1.807, 2.05) is 11.8 Å². The number of amidine groups is 1. The predicted molar refractivity (Wildman–Crippen MR) is 65.3 cm³/mol. The van der Waals surface area contributed by atoms with Crippen LogP contribution in [0.2, 0.25) is 0 Å². The van der Waals surface area contributed by atoms with Crippen molar-refractivity contribution in [2.45, 2.75) is 26.4 Å². The number of thiophene rings is 1. The van der Waals surface area contributed by atoms with Gasteiger partial charge in [0.1, 0.15) is 0 Å². The maximum atomic E-state index is 4.53. The molecule has 0 saturated carbocycles. The smallest absolute Gasteiger partial charge is 0.157 e. The summed E-state index contributed by atoms with van der Waals surface area (Å²) in [6, 6.07) is 2.78. The van der Waals surface area contributed by atoms with Crippen LogP contribution in [0, 0.1) is 6.92 Å². The standard InChI is InChI=1S/C10H14N2S2/c1-7-5-14-10(12-7)11-4-9-3-8(2)13-6-9/h3,6-7H,4-5H2,1-2H3,(H,11,12). The van der Waals surface area contributed by atoms with E-state index in [-0.39, 0.29) is 0 Å². The highest BCUT2D eigenvalue weighted by atomic mass is 32.2. The highest BCUT2D eigenvalue weighted by Crippen LogP contribution is 2.17. The van der Waals surface area contributed by atoms with Crippen LogP contribution in [0.25, 0.3) is 0 Å². The van der Waals surface area contributed by atoms with Crippen molar-refractivity contribution in [3.8, 4) is 0 Å². The molecule has 1 fully saturated rings. The lowest BCUT2D eigenvalue weighted by Gasteiger charge is -1.99. The number of nitrogens with one attached hydrogen (secondary N) is 1. The molecule has 1 saturated heterocycles. The summed E-state index contributed by atoms with van der Waals surface area (Å²) in [6.07, 6.45) is 0. The van der Waals surface area contributed by atoms with Crippen molar-refractivity contribution in [3.05, 3.63) is 21.9 Å². The Morgan fingerprint density at radius 2 is 2.50 bits per heavy atom. The van der Waals surface area contributed by atoms with E-state index in [9.17, 15) is 0 Å². The molecule has 1 aromatic heterocycles. The first kappa shape index (κ1) is 10.1. The minimum absolute atomic E-state index is 0.572. The van der Waals surface area contributed by atoms with Crippen LogP contribution in [-0.2, 0) is 6.54 Å². The molecule has 0 bridgehead atoms. The zero-order valence-electron chi connectivity index (χ0n) is 8.41. The first-order valence-corrected chi connectivity index (χ1v) is 6.58. The fourth-order valence-electron chi connectivity index (χ4n) is 1.33. The Kier molecular flexibility index (Phi) is 3.13. The predicted octanol–water partition coefficient (Wildman–Crippen LogP) is 2.64. The Hall–Kier alpha value is -0.480. The average molecular weight is 226 g/mol. The third-order valence-electron chi connectivity index (χ3n) is 2.03. The zero-order chi connectivity index (χ0) is 9.97. The molecule has 1 aliphatic rings. The van der Waals surface area contributed by atoms with Crippen molar-refractivity contribution < 1.29 is 0 Å². The SMILES string of the molecule is Cc1cc(CN=C2NC(C)CS2)cs1. The topological polar surface area (TPSA) is 24.4 Å². The molecule has 0 spiro atoms. The van der Waals surface area contributed by atoms with Gasteiger partial charge >= 0.3 is 0 Å². The first-order chi connectivity index (χ1) is 6.74. The molecule has 1 aliphatic heterocycles. The van der Waals surface area contributed by atoms with Crippen molar-refractivity contribution >= 4 is 28.3 Å². The molecule has 1 atom stereocenters. The van der Waals surface area contributed by atoms with Crippen LogP contribution >= 0.6 is 23.1 Å². The second kappa shape index (κ2) is 4.36. The number of nitrogens with zero attached hydrogens (tertiary/aromatic N) is 1. The molecule has 2 nitrogen and oxygen atoms in total. The van der Waals surface area contributed by atoms with Gasteiger partial charge in [0.25, 0.3) is 0 Å². The molecule has 0 amide bonds. The summed E-state index contributed by atoms with van der Waals surface area (Å²) in [5.74, 6) is 1.14. The van der Waals surface area contributed by atoms with Gasteiger partial charge in [0.2, 0.25) is 0 Å². The van der Waals surface area contributed by atoms with E-state index in [4.69, 9.17) is 0 Å². The van der Waals surface area contributed by atoms with Crippen molar-refractivity contribution in [2.75, 3.05) is 5.75 Å². The van der Waals surface area contributed by atoms with E-state index in [2.05, 4.69) is 35.6 Å². The van der Waals surface area contributed by atoms with E-state index in [0.717, 1.165) is 17.5 Å². The summed E-state index contributed by atoms with van der Waals surface area (Å²) in [4.78, 5) is 5.89. The van der Waals surface area contributed by atoms with E-state index in [1.54, 1.807) is 11.3 Å². The van der Waals surface area contributed by atoms with Gasteiger partial charge in [0, 0.05) is 16.7 Å². The Morgan fingerprint density at radius 3 is 3.07 bits per heavy atom. The summed E-state index contributed by atoms with van der Waals surface area (Å²) in [7, 11) is 0. The normalized spacial score (nSPS) is 24.1. The van der Waals surface area contributed by atoms with E-state index < -0.39 is 0 Å². The van der Waals surface area contributed by atoms with Gasteiger partial charge in [-0.05, 0) is 30.9 Å². The van der Waals surface area contributed by atoms with Gasteiger partial charge in [0.15, 0.2) is 5.17 Å². The minimum Gasteiger partial charge on any atom is -0.362 e. The largest absolute Gasteiger partial charge is 0.362 e. The summed E-state index contributed by atoms with van der Waals surface area (Å²) >= 11 is 3.61. The van der Waals surface area contributed by atoms with Gasteiger partial charge in [-0.1, -0.05) is 11.8 Å². The van der Waals surface area contributed by atoms with E-state index >= 15 is 0 Å². The van der Waals surface area contributed by atoms with Crippen molar-refractivity contribution in [2.24, 2.45) is 4.99 Å². The van der Waals surface area contributed by atoms with Crippen molar-refractivity contribution in [1.29, 1.82) is 0 Å². The number of thioether (sulfide) groups is 1. The number of hydrogen-bond acceptors (Lipinski definition) is 3. The fourth-order valence-corrected chi connectivity index (χ4v) is 2.96. The van der Waals surface area contributed by atoms with E-state index in [1.165, 1.54) is 10.4 Å². The quantitative estimate of drug-likeness (QED) is 0.838. The summed E-state index contributed by atoms with van der Waals surface area (Å²) in [5, 5.41) is 6.63. The lowest BCUT2D eigenvalue weighted by atomic mass is 10.3. The maximum absolute atomic E-state index is 4.53. The number of aryl methyl sites for hydroxylation is 1. The Balaban J connectivity index is 1.93. The summed E-state index contributed by atoms with van der Waals surface area (Å²) in [6.45, 7) is 5.13. The zero-order valence-corrected chi connectivity index (χ0v) is 10.0. The summed E-state index contributed by atoms with van der Waals surface area (Å²) in [5.41, 5.74) is 1.32. The van der Waals surface area contributed by atoms with Crippen LogP contribution in [0.4, 0.5) is 0 Å². The van der Waals surface area contributed by atoms with Gasteiger partial charge in [-0.2, -0.15) is 0 Å². The maximum Gasteiger partial charge on any atom is 0.157 e. The van der Waals surface area contributed by atoms with Crippen LogP contribution in [0.15, 0.2) is 16.4 Å². The Labute approximate surface area is 92.8 Å². The molecule has 0 radical (unpaired) electrons. The molecule has 0 aliphatic carbocycles. The highest BCUT2D eigenvalue weighted by molar-refractivity contribution is 8.14. The van der Waals surface area contributed by atoms with Crippen molar-refractivity contribution in [1.82, 2.24) is 5.32 Å². The van der Waals surface area contributed by atoms with Crippen LogP contribution < -0.4 is 5.32 Å². The first-order valence-electron chi connectivity index (χ1n) is 4.72. The van der Waals surface area contributed by atoms with Gasteiger partial charge in [-0.3, -0.25) is 4.99 Å². The number of hydrogen-bond donors (Lipinski definition) is 1. The summed E-state index contributed by atoms with van der Waals surface area (Å²) < 4.78 is 0. The molecule has 2 heterocycles. The van der Waals surface area contributed by atoms with Gasteiger partial charge in [0.05, 0.1) is 6.54 Å². The van der Waals surface area contributed by atoms with Crippen LogP contribution in [0.3, 0.4) is 0 Å². The molecule has 76 valence electrons. The van der Waals surface area contributed by atoms with Crippen LogP contribution in [0.1, 0.15) is 17.4 Å². The molecular weight excluding hydrogens is 212 g/mol. The highest BCUT2D eigenvalue weighted by Gasteiger charge is 2.14. The van der Waals surface area contributed by atoms with E-state index in [0.29, 0.717) is 6.04 Å². The monoisotopic (exact) mass is 226 g/mol. The number of rotatable bonds is 2. The van der Waals surface area contributed by atoms with Gasteiger partial charge in [-0.25, -0.2) is 0 Å². The third kappa shape index (κ3) is 2.51. The fraction of sp³-hybridized carbons (Fsp3) is 0.500. The molecule has 14 heavy (non-hydrogen) atoms. The molecule has 4 heteroatoms. The molecular formula is C10H14N2S2. The minimum atomic E-state index is 0.572. The molecule has 2 rings (SSSR count). The Bertz CT molecular complexity index is 344. The lowest BCUT2D eigenvalue weighted by Crippen LogP contribution is -2.23. The third-order valence-corrected chi connectivity index (χ3v) is 4.13. The van der Waals surface area contributed by atoms with Gasteiger partial charge in [-0.15, -0.1) is 11.3 Å². The second-order valence-corrected chi connectivity index (χ2v) is 5.67. The lowest BCUT2D eigenvalue weighted by molar-refractivity contribution is 0.764.